The summed E-state index contributed by atoms with van der Waals surface area (Å²) in [4.78, 5) is 3.95. The topological polar surface area (TPSA) is 90.9 Å². The molecule has 0 aromatic carbocycles. The van der Waals surface area contributed by atoms with Crippen LogP contribution < -0.4 is 0 Å². The molecule has 0 N–H and O–H groups in total. The van der Waals surface area contributed by atoms with E-state index in [4.69, 9.17) is 15.1 Å². The van der Waals surface area contributed by atoms with Gasteiger partial charge in [0.1, 0.15) is 0 Å². The van der Waals surface area contributed by atoms with Gasteiger partial charge in [0.2, 0.25) is 5.82 Å². The average Bonchev–Trinajstić information content (AvgIpc) is 2.82. The summed E-state index contributed by atoms with van der Waals surface area (Å²) in [6.45, 7) is 6.04. The van der Waals surface area contributed by atoms with Gasteiger partial charge in [0.25, 0.3) is 14.2 Å². The fraction of sp³-hybridized carbons (Fsp3) is 0.500. The Hall–Kier alpha value is -1.41. The van der Waals surface area contributed by atoms with Gasteiger partial charge in [0, 0.05) is 17.2 Å². The standard InChI is InChI=1S/C10H13ClN4O3S/c1-6(2)4-15-9(8-7(3)12-5-18-8)13-14-10(15)19(11,16)17/h5-6H,4H2,1-3H3. The Labute approximate surface area is 115 Å². The zero-order valence-electron chi connectivity index (χ0n) is 10.7. The molecule has 0 aliphatic carbocycles. The van der Waals surface area contributed by atoms with Crippen LogP contribution in [0.15, 0.2) is 16.0 Å². The van der Waals surface area contributed by atoms with Crippen LogP contribution in [0.1, 0.15) is 19.5 Å². The van der Waals surface area contributed by atoms with Crippen molar-refractivity contribution in [1.82, 2.24) is 19.7 Å². The number of oxazole rings is 1. The second-order valence-electron chi connectivity index (χ2n) is 4.52. The Morgan fingerprint density at radius 2 is 2.11 bits per heavy atom. The molecule has 0 saturated heterocycles. The lowest BCUT2D eigenvalue weighted by Crippen LogP contribution is -2.12. The fourth-order valence-electron chi connectivity index (χ4n) is 1.68. The third-order valence-corrected chi connectivity index (χ3v) is 3.58. The minimum absolute atomic E-state index is 0.190. The lowest BCUT2D eigenvalue weighted by atomic mass is 10.2. The van der Waals surface area contributed by atoms with Crippen LogP contribution in [0.25, 0.3) is 11.6 Å². The number of hydrogen-bond acceptors (Lipinski definition) is 6. The maximum absolute atomic E-state index is 11.5. The molecule has 2 aromatic heterocycles. The van der Waals surface area contributed by atoms with E-state index < -0.39 is 9.05 Å². The van der Waals surface area contributed by atoms with E-state index in [1.165, 1.54) is 11.0 Å². The first-order chi connectivity index (χ1) is 8.80. The van der Waals surface area contributed by atoms with Gasteiger partial charge in [-0.1, -0.05) is 13.8 Å². The van der Waals surface area contributed by atoms with Crippen molar-refractivity contribution in [3.63, 3.8) is 0 Å². The second-order valence-corrected chi connectivity index (χ2v) is 6.98. The van der Waals surface area contributed by atoms with Crippen molar-refractivity contribution in [2.45, 2.75) is 32.5 Å². The van der Waals surface area contributed by atoms with Crippen LogP contribution in [-0.4, -0.2) is 28.2 Å². The molecule has 19 heavy (non-hydrogen) atoms. The van der Waals surface area contributed by atoms with Gasteiger partial charge in [0.05, 0.1) is 5.69 Å². The quantitative estimate of drug-likeness (QED) is 0.800. The number of aromatic nitrogens is 4. The third kappa shape index (κ3) is 2.79. The highest BCUT2D eigenvalue weighted by Gasteiger charge is 2.26. The molecule has 0 amide bonds. The largest absolute Gasteiger partial charge is 0.440 e. The minimum Gasteiger partial charge on any atom is -0.440 e. The molecule has 0 atom stereocenters. The van der Waals surface area contributed by atoms with Crippen LogP contribution in [0.5, 0.6) is 0 Å². The first-order valence-corrected chi connectivity index (χ1v) is 7.90. The molecule has 2 aromatic rings. The highest BCUT2D eigenvalue weighted by molar-refractivity contribution is 8.13. The molecule has 0 bridgehead atoms. The zero-order chi connectivity index (χ0) is 14.2. The molecule has 7 nitrogen and oxygen atoms in total. The van der Waals surface area contributed by atoms with Crippen LogP contribution in [0.3, 0.4) is 0 Å². The second kappa shape index (κ2) is 4.93. The molecule has 0 fully saturated rings. The van der Waals surface area contributed by atoms with Crippen molar-refractivity contribution in [3.05, 3.63) is 12.1 Å². The molecule has 0 unspecified atom stereocenters. The van der Waals surface area contributed by atoms with Gasteiger partial charge in [-0.3, -0.25) is 4.57 Å². The monoisotopic (exact) mass is 304 g/mol. The SMILES string of the molecule is Cc1ncoc1-c1nnc(S(=O)(=O)Cl)n1CC(C)C. The van der Waals surface area contributed by atoms with Crippen molar-refractivity contribution in [3.8, 4) is 11.6 Å². The molecule has 0 aliphatic rings. The Morgan fingerprint density at radius 1 is 1.42 bits per heavy atom. The molecule has 9 heteroatoms. The number of nitrogens with zero attached hydrogens (tertiary/aromatic N) is 4. The van der Waals surface area contributed by atoms with Crippen molar-refractivity contribution < 1.29 is 12.8 Å². The number of hydrogen-bond donors (Lipinski definition) is 0. The molecule has 2 rings (SSSR count). The van der Waals surface area contributed by atoms with E-state index >= 15 is 0 Å². The summed E-state index contributed by atoms with van der Waals surface area (Å²) in [6.07, 6.45) is 1.27. The number of halogens is 1. The van der Waals surface area contributed by atoms with Gasteiger partial charge in [-0.05, 0) is 12.8 Å². The van der Waals surface area contributed by atoms with Crippen molar-refractivity contribution in [2.24, 2.45) is 5.92 Å². The third-order valence-electron chi connectivity index (χ3n) is 2.43. The van der Waals surface area contributed by atoms with Crippen molar-refractivity contribution in [2.75, 3.05) is 0 Å². The Balaban J connectivity index is 2.63. The molecule has 2 heterocycles. The number of aryl methyl sites for hydroxylation is 1. The molecule has 0 spiro atoms. The van der Waals surface area contributed by atoms with E-state index in [1.807, 2.05) is 13.8 Å². The molecule has 104 valence electrons. The summed E-state index contributed by atoms with van der Waals surface area (Å²) < 4.78 is 29.7. The highest BCUT2D eigenvalue weighted by Crippen LogP contribution is 2.25. The maximum Gasteiger partial charge on any atom is 0.296 e. The minimum atomic E-state index is -3.96. The van der Waals surface area contributed by atoms with Gasteiger partial charge in [-0.15, -0.1) is 10.2 Å². The van der Waals surface area contributed by atoms with Crippen molar-refractivity contribution >= 4 is 19.7 Å². The van der Waals surface area contributed by atoms with E-state index in [0.29, 0.717) is 23.8 Å². The van der Waals surface area contributed by atoms with E-state index in [0.717, 1.165) is 0 Å². The molecule has 0 radical (unpaired) electrons. The summed E-state index contributed by atoms with van der Waals surface area (Å²) in [5, 5.41) is 7.21. The smallest absolute Gasteiger partial charge is 0.296 e. The van der Waals surface area contributed by atoms with Crippen LogP contribution in [0, 0.1) is 12.8 Å². The lowest BCUT2D eigenvalue weighted by molar-refractivity contribution is 0.481. The van der Waals surface area contributed by atoms with E-state index in [9.17, 15) is 8.42 Å². The zero-order valence-corrected chi connectivity index (χ0v) is 12.2. The fourth-order valence-corrected chi connectivity index (χ4v) is 2.59. The first-order valence-electron chi connectivity index (χ1n) is 5.59. The molecule has 0 aliphatic heterocycles. The Kier molecular flexibility index (Phi) is 3.64. The predicted molar refractivity (Wildman–Crippen MR) is 68.1 cm³/mol. The van der Waals surface area contributed by atoms with E-state index in [-0.39, 0.29) is 11.1 Å². The summed E-state index contributed by atoms with van der Waals surface area (Å²) >= 11 is 0. The van der Waals surface area contributed by atoms with Crippen LogP contribution in [-0.2, 0) is 15.6 Å². The molecule has 0 saturated carbocycles. The lowest BCUT2D eigenvalue weighted by Gasteiger charge is -2.10. The van der Waals surface area contributed by atoms with E-state index in [2.05, 4.69) is 15.2 Å². The van der Waals surface area contributed by atoms with E-state index in [1.54, 1.807) is 6.92 Å². The van der Waals surface area contributed by atoms with Crippen LogP contribution in [0.4, 0.5) is 0 Å². The van der Waals surface area contributed by atoms with Crippen LogP contribution in [0.2, 0.25) is 0 Å². The van der Waals surface area contributed by atoms with Crippen molar-refractivity contribution in [1.29, 1.82) is 0 Å². The summed E-state index contributed by atoms with van der Waals surface area (Å²) in [6, 6.07) is 0. The predicted octanol–water partition coefficient (Wildman–Crippen LogP) is 1.83. The molecular weight excluding hydrogens is 292 g/mol. The Morgan fingerprint density at radius 3 is 2.58 bits per heavy atom. The van der Waals surface area contributed by atoms with Gasteiger partial charge in [0.15, 0.2) is 12.2 Å². The van der Waals surface area contributed by atoms with Gasteiger partial charge in [-0.25, -0.2) is 13.4 Å². The number of rotatable bonds is 4. The average molecular weight is 305 g/mol. The molecular formula is C10H13ClN4O3S. The summed E-state index contributed by atoms with van der Waals surface area (Å²) in [5.41, 5.74) is 0.607. The van der Waals surface area contributed by atoms with Gasteiger partial charge >= 0.3 is 0 Å². The summed E-state index contributed by atoms with van der Waals surface area (Å²) in [7, 11) is 1.40. The van der Waals surface area contributed by atoms with Crippen LogP contribution >= 0.6 is 10.7 Å². The summed E-state index contributed by atoms with van der Waals surface area (Å²) in [5.74, 6) is 0.887. The maximum atomic E-state index is 11.5. The first kappa shape index (κ1) is 14.0. The Bertz CT molecular complexity index is 689. The highest BCUT2D eigenvalue weighted by atomic mass is 35.7. The van der Waals surface area contributed by atoms with Gasteiger partial charge < -0.3 is 4.42 Å². The normalized spacial score (nSPS) is 12.3. The van der Waals surface area contributed by atoms with Gasteiger partial charge in [-0.2, -0.15) is 0 Å².